The van der Waals surface area contributed by atoms with E-state index < -0.39 is 16.4 Å². The summed E-state index contributed by atoms with van der Waals surface area (Å²) in [6.07, 6.45) is 0. The fourth-order valence-corrected chi connectivity index (χ4v) is 9.54. The van der Waals surface area contributed by atoms with Gasteiger partial charge in [0.05, 0.1) is 12.6 Å². The van der Waals surface area contributed by atoms with Crippen molar-refractivity contribution in [3.8, 4) is 11.5 Å². The average Bonchev–Trinajstić information content (AvgIpc) is 2.34. The molecule has 23 heavy (non-hydrogen) atoms. The largest absolute Gasteiger partial charge is 0.414 e. The van der Waals surface area contributed by atoms with Crippen LogP contribution in [0.5, 0.6) is 0 Å². The van der Waals surface area contributed by atoms with Crippen LogP contribution in [0.2, 0.25) is 34.8 Å². The van der Waals surface area contributed by atoms with Crippen LogP contribution in [-0.2, 0) is 4.43 Å². The zero-order valence-electron chi connectivity index (χ0n) is 17.5. The predicted molar refractivity (Wildman–Crippen MR) is 110 cm³/mol. The van der Waals surface area contributed by atoms with Crippen LogP contribution in [0.15, 0.2) is 0 Å². The lowest BCUT2D eigenvalue weighted by Gasteiger charge is -2.38. The molecule has 0 rings (SSSR count). The van der Waals surface area contributed by atoms with Gasteiger partial charge in [-0.1, -0.05) is 68.2 Å². The third-order valence-electron chi connectivity index (χ3n) is 5.77. The number of hydrogen-bond donors (Lipinski definition) is 1. The quantitative estimate of drug-likeness (QED) is 0.500. The van der Waals surface area contributed by atoms with E-state index in [4.69, 9.17) is 10.2 Å². The van der Waals surface area contributed by atoms with E-state index in [9.17, 15) is 0 Å². The van der Waals surface area contributed by atoms with Gasteiger partial charge in [0.2, 0.25) is 0 Å². The van der Waals surface area contributed by atoms with Crippen LogP contribution in [0.25, 0.3) is 0 Å². The minimum atomic E-state index is -1.74. The summed E-state index contributed by atoms with van der Waals surface area (Å²) in [5, 5.41) is 0.215. The normalized spacial score (nSPS) is 15.1. The van der Waals surface area contributed by atoms with E-state index in [2.05, 4.69) is 86.9 Å². The second-order valence-electron chi connectivity index (χ2n) is 9.34. The molecule has 2 nitrogen and oxygen atoms in total. The molecule has 0 saturated heterocycles. The Labute approximate surface area is 148 Å². The molecule has 1 unspecified atom stereocenters. The third kappa shape index (κ3) is 5.74. The second-order valence-corrected chi connectivity index (χ2v) is 19.7. The van der Waals surface area contributed by atoms with Crippen molar-refractivity contribution in [2.45, 2.75) is 103 Å². The van der Waals surface area contributed by atoms with E-state index in [0.717, 1.165) is 0 Å². The van der Waals surface area contributed by atoms with Gasteiger partial charge in [0, 0.05) is 0 Å². The predicted octanol–water partition coefficient (Wildman–Crippen LogP) is 5.56. The first-order valence-electron chi connectivity index (χ1n) is 9.10. The van der Waals surface area contributed by atoms with Gasteiger partial charge in [0.1, 0.15) is 8.07 Å². The van der Waals surface area contributed by atoms with Crippen molar-refractivity contribution in [2.24, 2.45) is 5.73 Å². The summed E-state index contributed by atoms with van der Waals surface area (Å²) in [7, 11) is -3.43. The molecule has 0 spiro atoms. The lowest BCUT2D eigenvalue weighted by Crippen LogP contribution is -2.45. The third-order valence-corrected chi connectivity index (χ3v) is 16.6. The lowest BCUT2D eigenvalue weighted by atomic mass is 10.2. The van der Waals surface area contributed by atoms with Gasteiger partial charge in [-0.3, -0.25) is 0 Å². The van der Waals surface area contributed by atoms with Crippen molar-refractivity contribution in [1.29, 1.82) is 0 Å². The minimum Gasteiger partial charge on any atom is -0.414 e. The van der Waals surface area contributed by atoms with Crippen LogP contribution in [0, 0.1) is 11.5 Å². The Hall–Kier alpha value is -0.0862. The zero-order valence-corrected chi connectivity index (χ0v) is 19.5. The SMILES string of the molecule is CC(C)[Si](C#CC(N)CO[Si](C)(C)C(C)(C)C)(C(C)C)C(C)C. The average molecular weight is 356 g/mol. The van der Waals surface area contributed by atoms with Crippen molar-refractivity contribution in [1.82, 2.24) is 0 Å². The Morgan fingerprint density at radius 3 is 1.61 bits per heavy atom. The molecule has 0 radical (unpaired) electrons. The van der Waals surface area contributed by atoms with Gasteiger partial charge < -0.3 is 10.2 Å². The molecule has 0 saturated carbocycles. The highest BCUT2D eigenvalue weighted by Crippen LogP contribution is 2.40. The van der Waals surface area contributed by atoms with E-state index in [1.54, 1.807) is 0 Å². The maximum Gasteiger partial charge on any atom is 0.192 e. The number of rotatable bonds is 6. The molecular weight excluding hydrogens is 314 g/mol. The summed E-state index contributed by atoms with van der Waals surface area (Å²) in [5.41, 5.74) is 11.9. The fourth-order valence-electron chi connectivity index (χ4n) is 3.21. The molecule has 0 bridgehead atoms. The van der Waals surface area contributed by atoms with Crippen molar-refractivity contribution in [3.05, 3.63) is 0 Å². The van der Waals surface area contributed by atoms with E-state index >= 15 is 0 Å². The summed E-state index contributed by atoms with van der Waals surface area (Å²) in [6.45, 7) is 25.8. The molecule has 0 aliphatic carbocycles. The van der Waals surface area contributed by atoms with Gasteiger partial charge >= 0.3 is 0 Å². The molecule has 0 aliphatic rings. The highest BCUT2D eigenvalue weighted by molar-refractivity contribution is 6.90. The molecule has 0 aromatic carbocycles. The molecule has 0 heterocycles. The van der Waals surface area contributed by atoms with Crippen LogP contribution in [0.3, 0.4) is 0 Å². The first kappa shape index (κ1) is 22.9. The first-order chi connectivity index (χ1) is 10.2. The molecular formula is C19H41NOSi2. The molecule has 0 aliphatic heterocycles. The van der Waals surface area contributed by atoms with Crippen LogP contribution < -0.4 is 5.73 Å². The second kappa shape index (κ2) is 8.33. The maximum absolute atomic E-state index is 6.28. The monoisotopic (exact) mass is 355 g/mol. The molecule has 136 valence electrons. The zero-order chi connectivity index (χ0) is 18.6. The van der Waals surface area contributed by atoms with Crippen molar-refractivity contribution < 1.29 is 4.43 Å². The van der Waals surface area contributed by atoms with Gasteiger partial charge in [-0.15, -0.1) is 5.54 Å². The summed E-state index contributed by atoms with van der Waals surface area (Å²) in [5.74, 6) is 3.38. The molecule has 0 aromatic heterocycles. The lowest BCUT2D eigenvalue weighted by molar-refractivity contribution is 0.281. The Morgan fingerprint density at radius 1 is 0.913 bits per heavy atom. The van der Waals surface area contributed by atoms with E-state index in [1.807, 2.05) is 0 Å². The summed E-state index contributed by atoms with van der Waals surface area (Å²) < 4.78 is 6.23. The molecule has 2 N–H and O–H groups in total. The first-order valence-corrected chi connectivity index (χ1v) is 14.2. The van der Waals surface area contributed by atoms with Crippen molar-refractivity contribution >= 4 is 16.4 Å². The maximum atomic E-state index is 6.28. The van der Waals surface area contributed by atoms with E-state index in [1.165, 1.54) is 0 Å². The van der Waals surface area contributed by atoms with Crippen LogP contribution >= 0.6 is 0 Å². The van der Waals surface area contributed by atoms with E-state index in [0.29, 0.717) is 23.2 Å². The standard InChI is InChI=1S/C19H41NOSi2/c1-15(2)23(16(3)4,17(5)6)13-12-18(20)14-21-22(10,11)19(7,8)9/h15-18H,14,20H2,1-11H3. The van der Waals surface area contributed by atoms with Gasteiger partial charge in [-0.2, -0.15) is 0 Å². The molecule has 0 fully saturated rings. The highest BCUT2D eigenvalue weighted by atomic mass is 28.4. The van der Waals surface area contributed by atoms with E-state index in [-0.39, 0.29) is 11.1 Å². The smallest absolute Gasteiger partial charge is 0.192 e. The van der Waals surface area contributed by atoms with Crippen molar-refractivity contribution in [2.75, 3.05) is 6.61 Å². The minimum absolute atomic E-state index is 0.174. The summed E-state index contributed by atoms with van der Waals surface area (Å²) in [6, 6.07) is -0.174. The van der Waals surface area contributed by atoms with Crippen LogP contribution in [-0.4, -0.2) is 29.0 Å². The Kier molecular flexibility index (Phi) is 8.30. The molecule has 1 atom stereocenters. The van der Waals surface area contributed by atoms with Gasteiger partial charge in [0.25, 0.3) is 0 Å². The molecule has 0 aromatic rings. The van der Waals surface area contributed by atoms with Crippen LogP contribution in [0.4, 0.5) is 0 Å². The fraction of sp³-hybridized carbons (Fsp3) is 0.895. The Morgan fingerprint density at radius 2 is 1.30 bits per heavy atom. The number of nitrogens with two attached hydrogens (primary N) is 1. The van der Waals surface area contributed by atoms with Gasteiger partial charge in [-0.05, 0) is 34.8 Å². The highest BCUT2D eigenvalue weighted by Gasteiger charge is 2.42. The van der Waals surface area contributed by atoms with Crippen molar-refractivity contribution in [3.63, 3.8) is 0 Å². The van der Waals surface area contributed by atoms with Gasteiger partial charge in [0.15, 0.2) is 8.32 Å². The van der Waals surface area contributed by atoms with Gasteiger partial charge in [-0.25, -0.2) is 0 Å². The summed E-state index contributed by atoms with van der Waals surface area (Å²) >= 11 is 0. The Balaban J connectivity index is 5.16. The number of hydrogen-bond acceptors (Lipinski definition) is 2. The molecule has 0 amide bonds. The van der Waals surface area contributed by atoms with Crippen LogP contribution in [0.1, 0.15) is 62.3 Å². The summed E-state index contributed by atoms with van der Waals surface area (Å²) in [4.78, 5) is 0. The Bertz CT molecular complexity index is 403. The topological polar surface area (TPSA) is 35.2 Å². The molecule has 4 heteroatoms.